The second-order valence-electron chi connectivity index (χ2n) is 9.50. The van der Waals surface area contributed by atoms with Crippen molar-refractivity contribution in [2.45, 2.75) is 37.5 Å². The molecule has 1 aromatic heterocycles. The number of pyridine rings is 1. The maximum Gasteiger partial charge on any atom is 0.454 e. The van der Waals surface area contributed by atoms with Crippen LogP contribution in [0.2, 0.25) is 0 Å². The monoisotopic (exact) mass is 531 g/mol. The minimum atomic E-state index is -5.56. The lowest BCUT2D eigenvalue weighted by atomic mass is 9.97. The van der Waals surface area contributed by atoms with Gasteiger partial charge in [0.15, 0.2) is 0 Å². The lowest BCUT2D eigenvalue weighted by molar-refractivity contribution is -0.287. The summed E-state index contributed by atoms with van der Waals surface area (Å²) in [7, 11) is 0. The standard InChI is InChI=1S/C25H27F6N3O3/c26-21-11-17(1-3-20(21)23(36)34-10-7-18(35)13-34)22-4-2-19(12-32-22)37-14-16-5-8-33(9-6-16)15-24(27,28)25(29,30)31/h1-4,11-12,16,18,35H,5-10,13-15H2/t18-/m1/s1. The Morgan fingerprint density at radius 2 is 1.78 bits per heavy atom. The number of aliphatic hydroxyl groups is 1. The molecule has 2 aliphatic heterocycles. The number of likely N-dealkylation sites (tertiary alicyclic amines) is 2. The van der Waals surface area contributed by atoms with Crippen LogP contribution in [0.4, 0.5) is 26.3 Å². The van der Waals surface area contributed by atoms with Gasteiger partial charge in [-0.1, -0.05) is 6.07 Å². The Hall–Kier alpha value is -2.86. The predicted molar refractivity (Wildman–Crippen MR) is 122 cm³/mol. The summed E-state index contributed by atoms with van der Waals surface area (Å²) in [6.07, 6.45) is -3.38. The first-order valence-electron chi connectivity index (χ1n) is 12.0. The maximum absolute atomic E-state index is 14.7. The molecule has 1 aromatic carbocycles. The molecule has 0 saturated carbocycles. The van der Waals surface area contributed by atoms with Gasteiger partial charge in [-0.2, -0.15) is 22.0 Å². The number of ether oxygens (including phenoxy) is 1. The summed E-state index contributed by atoms with van der Waals surface area (Å²) in [6, 6.07) is 7.47. The fraction of sp³-hybridized carbons (Fsp3) is 0.520. The molecule has 37 heavy (non-hydrogen) atoms. The molecule has 0 radical (unpaired) electrons. The van der Waals surface area contributed by atoms with E-state index in [0.717, 1.165) is 4.90 Å². The van der Waals surface area contributed by atoms with Gasteiger partial charge in [0.1, 0.15) is 11.6 Å². The molecule has 1 atom stereocenters. The van der Waals surface area contributed by atoms with Gasteiger partial charge in [0.2, 0.25) is 0 Å². The topological polar surface area (TPSA) is 65.9 Å². The molecule has 3 heterocycles. The van der Waals surface area contributed by atoms with Gasteiger partial charge in [0, 0.05) is 18.7 Å². The molecule has 2 fully saturated rings. The van der Waals surface area contributed by atoms with Crippen molar-refractivity contribution in [2.24, 2.45) is 5.92 Å². The number of rotatable bonds is 7. The number of benzene rings is 1. The van der Waals surface area contributed by atoms with E-state index in [1.165, 1.54) is 23.2 Å². The first-order valence-corrected chi connectivity index (χ1v) is 12.0. The number of nitrogens with zero attached hydrogens (tertiary/aromatic N) is 3. The number of carbonyl (C=O) groups excluding carboxylic acids is 1. The van der Waals surface area contributed by atoms with Crippen LogP contribution in [-0.4, -0.2) is 83.3 Å². The van der Waals surface area contributed by atoms with Gasteiger partial charge in [-0.15, -0.1) is 0 Å². The Balaban J connectivity index is 1.27. The van der Waals surface area contributed by atoms with E-state index >= 15 is 0 Å². The van der Waals surface area contributed by atoms with Crippen LogP contribution in [0.1, 0.15) is 29.6 Å². The predicted octanol–water partition coefficient (Wildman–Crippen LogP) is 4.38. The average molecular weight is 531 g/mol. The van der Waals surface area contributed by atoms with Gasteiger partial charge in [0.25, 0.3) is 5.91 Å². The molecule has 1 N–H and O–H groups in total. The van der Waals surface area contributed by atoms with E-state index in [0.29, 0.717) is 42.8 Å². The number of β-amino-alcohol motifs (C(OH)–C–C–N with tert-alkyl or cyclic N) is 1. The quantitative estimate of drug-likeness (QED) is 0.538. The van der Waals surface area contributed by atoms with Crippen molar-refractivity contribution in [3.8, 4) is 17.0 Å². The van der Waals surface area contributed by atoms with Crippen molar-refractivity contribution in [3.05, 3.63) is 47.9 Å². The molecule has 2 aliphatic rings. The molecule has 2 aromatic rings. The van der Waals surface area contributed by atoms with Crippen molar-refractivity contribution >= 4 is 5.91 Å². The lowest BCUT2D eigenvalue weighted by Crippen LogP contribution is -2.49. The number of hydrogen-bond donors (Lipinski definition) is 1. The first-order chi connectivity index (χ1) is 17.4. The van der Waals surface area contributed by atoms with Crippen LogP contribution in [-0.2, 0) is 0 Å². The van der Waals surface area contributed by atoms with Crippen LogP contribution in [0, 0.1) is 11.7 Å². The van der Waals surface area contributed by atoms with E-state index in [2.05, 4.69) is 4.98 Å². The van der Waals surface area contributed by atoms with E-state index in [4.69, 9.17) is 4.74 Å². The zero-order valence-electron chi connectivity index (χ0n) is 19.9. The smallest absolute Gasteiger partial charge is 0.454 e. The maximum atomic E-state index is 14.7. The Morgan fingerprint density at radius 3 is 2.35 bits per heavy atom. The van der Waals surface area contributed by atoms with Crippen molar-refractivity contribution in [3.63, 3.8) is 0 Å². The molecule has 0 spiro atoms. The fourth-order valence-electron chi connectivity index (χ4n) is 4.48. The molecule has 12 heteroatoms. The van der Waals surface area contributed by atoms with E-state index in [9.17, 15) is 36.2 Å². The fourth-order valence-corrected chi connectivity index (χ4v) is 4.48. The highest BCUT2D eigenvalue weighted by Gasteiger charge is 2.58. The largest absolute Gasteiger partial charge is 0.492 e. The number of halogens is 6. The zero-order valence-corrected chi connectivity index (χ0v) is 19.9. The number of alkyl halides is 5. The van der Waals surface area contributed by atoms with Crippen molar-refractivity contribution in [1.82, 2.24) is 14.8 Å². The van der Waals surface area contributed by atoms with E-state index in [1.807, 2.05) is 0 Å². The third-order valence-corrected chi connectivity index (χ3v) is 6.71. The van der Waals surface area contributed by atoms with Crippen LogP contribution in [0.3, 0.4) is 0 Å². The summed E-state index contributed by atoms with van der Waals surface area (Å²) < 4.78 is 84.1. The van der Waals surface area contributed by atoms with Crippen LogP contribution in [0.25, 0.3) is 11.3 Å². The molecular formula is C25H27F6N3O3. The minimum absolute atomic E-state index is 0.00586. The molecule has 6 nitrogen and oxygen atoms in total. The Labute approximate surface area is 209 Å². The molecule has 0 unspecified atom stereocenters. The number of carbonyl (C=O) groups is 1. The van der Waals surface area contributed by atoms with E-state index < -0.39 is 36.5 Å². The Bertz CT molecular complexity index is 1090. The molecule has 1 amide bonds. The third-order valence-electron chi connectivity index (χ3n) is 6.71. The van der Waals surface area contributed by atoms with E-state index in [1.54, 1.807) is 18.2 Å². The summed E-state index contributed by atoms with van der Waals surface area (Å²) in [4.78, 5) is 19.3. The number of aliphatic hydroxyl groups excluding tert-OH is 1. The van der Waals surface area contributed by atoms with Gasteiger partial charge >= 0.3 is 12.1 Å². The molecule has 4 rings (SSSR count). The highest BCUT2D eigenvalue weighted by molar-refractivity contribution is 5.95. The van der Waals surface area contributed by atoms with Crippen LogP contribution >= 0.6 is 0 Å². The van der Waals surface area contributed by atoms with Crippen LogP contribution < -0.4 is 4.74 Å². The molecule has 2 saturated heterocycles. The van der Waals surface area contributed by atoms with Gasteiger partial charge in [0.05, 0.1) is 36.7 Å². The Kier molecular flexibility index (Phi) is 7.98. The van der Waals surface area contributed by atoms with Crippen LogP contribution in [0.15, 0.2) is 36.5 Å². The van der Waals surface area contributed by atoms with Gasteiger partial charge in [-0.25, -0.2) is 4.39 Å². The highest BCUT2D eigenvalue weighted by atomic mass is 19.4. The molecule has 0 bridgehead atoms. The molecular weight excluding hydrogens is 504 g/mol. The number of amides is 1. The Morgan fingerprint density at radius 1 is 1.05 bits per heavy atom. The molecule has 202 valence electrons. The summed E-state index contributed by atoms with van der Waals surface area (Å²) >= 11 is 0. The second kappa shape index (κ2) is 10.9. The summed E-state index contributed by atoms with van der Waals surface area (Å²) in [5, 5.41) is 9.60. The van der Waals surface area contributed by atoms with Gasteiger partial charge in [-0.05, 0) is 62.5 Å². The summed E-state index contributed by atoms with van der Waals surface area (Å²) in [5.41, 5.74) is 0.844. The molecule has 0 aliphatic carbocycles. The van der Waals surface area contributed by atoms with Crippen molar-refractivity contribution in [1.29, 1.82) is 0 Å². The minimum Gasteiger partial charge on any atom is -0.492 e. The normalized spacial score (nSPS) is 19.9. The van der Waals surface area contributed by atoms with Crippen molar-refractivity contribution in [2.75, 3.05) is 39.3 Å². The average Bonchev–Trinajstić information content (AvgIpc) is 3.29. The van der Waals surface area contributed by atoms with Crippen LogP contribution in [0.5, 0.6) is 5.75 Å². The van der Waals surface area contributed by atoms with Gasteiger partial charge < -0.3 is 14.7 Å². The zero-order chi connectivity index (χ0) is 26.8. The third kappa shape index (κ3) is 6.53. The number of hydrogen-bond acceptors (Lipinski definition) is 5. The number of piperidine rings is 1. The summed E-state index contributed by atoms with van der Waals surface area (Å²) in [5.74, 6) is -5.46. The number of aromatic nitrogens is 1. The van der Waals surface area contributed by atoms with Gasteiger partial charge in [-0.3, -0.25) is 14.7 Å². The lowest BCUT2D eigenvalue weighted by Gasteiger charge is -2.34. The van der Waals surface area contributed by atoms with E-state index in [-0.39, 0.29) is 37.7 Å². The summed E-state index contributed by atoms with van der Waals surface area (Å²) in [6.45, 7) is -0.278. The first kappa shape index (κ1) is 27.2. The second-order valence-corrected chi connectivity index (χ2v) is 9.50. The SMILES string of the molecule is O=C(c1ccc(-c2ccc(OCC3CCN(CC(F)(F)C(F)(F)F)CC3)cn2)cc1F)N1CC[C@@H](O)C1. The van der Waals surface area contributed by atoms with Crippen molar-refractivity contribution < 1.29 is 41.0 Å². The highest BCUT2D eigenvalue weighted by Crippen LogP contribution is 2.36.